The Labute approximate surface area is 107 Å². The predicted molar refractivity (Wildman–Crippen MR) is 64.3 cm³/mol. The zero-order valence-corrected chi connectivity index (χ0v) is 10.00. The third-order valence-electron chi connectivity index (χ3n) is 2.09. The number of benzene rings is 1. The van der Waals surface area contributed by atoms with Crippen LogP contribution < -0.4 is 5.32 Å². The van der Waals surface area contributed by atoms with Gasteiger partial charge in [0.05, 0.1) is 16.3 Å². The maximum Gasteiger partial charge on any atom is 0.344 e. The summed E-state index contributed by atoms with van der Waals surface area (Å²) in [7, 11) is 0. The van der Waals surface area contributed by atoms with Crippen molar-refractivity contribution in [3.05, 3.63) is 33.8 Å². The topological polar surface area (TPSA) is 61.8 Å². The average Bonchev–Trinajstić information content (AvgIpc) is 2.60. The molecule has 0 aliphatic carbocycles. The molecule has 1 saturated heterocycles. The molecule has 88 valence electrons. The summed E-state index contributed by atoms with van der Waals surface area (Å²) in [5.41, 5.74) is 0.575. The van der Waals surface area contributed by atoms with Gasteiger partial charge in [0.25, 0.3) is 0 Å². The number of imide groups is 1. The van der Waals surface area contributed by atoms with Crippen molar-refractivity contribution in [3.8, 4) is 0 Å². The van der Waals surface area contributed by atoms with Crippen molar-refractivity contribution >= 4 is 41.4 Å². The van der Waals surface area contributed by atoms with Crippen LogP contribution in [0.25, 0.3) is 0 Å². The van der Waals surface area contributed by atoms with Gasteiger partial charge in [-0.1, -0.05) is 35.3 Å². The molecule has 0 atom stereocenters. The van der Waals surface area contributed by atoms with E-state index in [0.717, 1.165) is 5.01 Å². The lowest BCUT2D eigenvalue weighted by Crippen LogP contribution is -2.24. The number of nitrogens with zero attached hydrogens (tertiary/aromatic N) is 2. The molecular weight excluding hydrogens is 265 g/mol. The number of carbonyl (C=O) groups is 2. The fraction of sp³-hybridized carbons (Fsp3) is 0.100. The van der Waals surface area contributed by atoms with Crippen LogP contribution in [0.3, 0.4) is 0 Å². The standard InChI is InChI=1S/C10H7Cl2N3O2/c11-7-3-1-2-6(9(7)12)4-13-15-5-8(16)14-10(15)17/h1-4H,5H2,(H,14,16,17)/b13-4-. The highest BCUT2D eigenvalue weighted by Crippen LogP contribution is 2.24. The van der Waals surface area contributed by atoms with Crippen molar-refractivity contribution in [1.29, 1.82) is 0 Å². The van der Waals surface area contributed by atoms with Crippen LogP contribution in [0, 0.1) is 0 Å². The predicted octanol–water partition coefficient (Wildman–Crippen LogP) is 1.88. The van der Waals surface area contributed by atoms with E-state index in [2.05, 4.69) is 10.4 Å². The van der Waals surface area contributed by atoms with Gasteiger partial charge in [0.2, 0.25) is 5.91 Å². The first-order chi connectivity index (χ1) is 8.08. The van der Waals surface area contributed by atoms with Crippen molar-refractivity contribution < 1.29 is 9.59 Å². The van der Waals surface area contributed by atoms with Gasteiger partial charge in [0.1, 0.15) is 6.54 Å². The van der Waals surface area contributed by atoms with Crippen molar-refractivity contribution in [2.75, 3.05) is 6.54 Å². The van der Waals surface area contributed by atoms with Crippen molar-refractivity contribution in [2.24, 2.45) is 5.10 Å². The lowest BCUT2D eigenvalue weighted by molar-refractivity contribution is -0.118. The minimum atomic E-state index is -0.551. The van der Waals surface area contributed by atoms with Crippen LogP contribution >= 0.6 is 23.2 Å². The van der Waals surface area contributed by atoms with E-state index >= 15 is 0 Å². The zero-order chi connectivity index (χ0) is 12.4. The number of amides is 3. The zero-order valence-electron chi connectivity index (χ0n) is 8.48. The Kier molecular flexibility index (Phi) is 3.31. The number of hydrazone groups is 1. The first kappa shape index (κ1) is 11.9. The molecule has 17 heavy (non-hydrogen) atoms. The van der Waals surface area contributed by atoms with E-state index < -0.39 is 6.03 Å². The number of halogens is 2. The molecule has 0 radical (unpaired) electrons. The van der Waals surface area contributed by atoms with E-state index in [1.54, 1.807) is 18.2 Å². The molecule has 0 aromatic heterocycles. The summed E-state index contributed by atoms with van der Waals surface area (Å²) >= 11 is 11.8. The van der Waals surface area contributed by atoms with E-state index in [4.69, 9.17) is 23.2 Å². The highest BCUT2D eigenvalue weighted by molar-refractivity contribution is 6.43. The SMILES string of the molecule is O=C1CN(/N=C\c2cccc(Cl)c2Cl)C(=O)N1. The first-order valence-corrected chi connectivity index (χ1v) is 5.43. The van der Waals surface area contributed by atoms with Gasteiger partial charge in [-0.25, -0.2) is 9.80 Å². The molecule has 1 aromatic rings. The molecule has 1 fully saturated rings. The van der Waals surface area contributed by atoms with Crippen LogP contribution in [0.15, 0.2) is 23.3 Å². The van der Waals surface area contributed by atoms with Crippen LogP contribution in [-0.2, 0) is 4.79 Å². The monoisotopic (exact) mass is 271 g/mol. The molecule has 2 rings (SSSR count). The lowest BCUT2D eigenvalue weighted by Gasteiger charge is -2.05. The first-order valence-electron chi connectivity index (χ1n) is 4.67. The highest BCUT2D eigenvalue weighted by atomic mass is 35.5. The molecule has 1 N–H and O–H groups in total. The summed E-state index contributed by atoms with van der Waals surface area (Å²) in [6.45, 7) is -0.0898. The molecule has 0 spiro atoms. The third kappa shape index (κ3) is 2.57. The molecule has 5 nitrogen and oxygen atoms in total. The Morgan fingerprint density at radius 2 is 2.12 bits per heavy atom. The molecular formula is C10H7Cl2N3O2. The second-order valence-electron chi connectivity index (χ2n) is 3.30. The number of rotatable bonds is 2. The minimum absolute atomic E-state index is 0.0898. The van der Waals surface area contributed by atoms with Crippen LogP contribution in [0.4, 0.5) is 4.79 Å². The smallest absolute Gasteiger partial charge is 0.275 e. The summed E-state index contributed by atoms with van der Waals surface area (Å²) < 4.78 is 0. The third-order valence-corrected chi connectivity index (χ3v) is 2.93. The molecule has 1 aliphatic heterocycles. The Bertz CT molecular complexity index is 516. The fourth-order valence-corrected chi connectivity index (χ4v) is 1.63. The van der Waals surface area contributed by atoms with E-state index in [1.807, 2.05) is 0 Å². The summed E-state index contributed by atoms with van der Waals surface area (Å²) in [6, 6.07) is 4.51. The number of hydrogen-bond acceptors (Lipinski definition) is 3. The van der Waals surface area contributed by atoms with E-state index in [9.17, 15) is 9.59 Å². The quantitative estimate of drug-likeness (QED) is 0.660. The van der Waals surface area contributed by atoms with Crippen molar-refractivity contribution in [2.45, 2.75) is 0 Å². The number of hydrogen-bond donors (Lipinski definition) is 1. The van der Waals surface area contributed by atoms with Crippen LogP contribution in [0.2, 0.25) is 10.0 Å². The number of urea groups is 1. The van der Waals surface area contributed by atoms with E-state index in [0.29, 0.717) is 15.6 Å². The molecule has 0 saturated carbocycles. The maximum absolute atomic E-state index is 11.2. The fourth-order valence-electron chi connectivity index (χ4n) is 1.28. The van der Waals surface area contributed by atoms with Gasteiger partial charge in [-0.15, -0.1) is 0 Å². The Hall–Kier alpha value is -1.59. The minimum Gasteiger partial charge on any atom is -0.275 e. The number of nitrogens with one attached hydrogen (secondary N) is 1. The van der Waals surface area contributed by atoms with Crippen LogP contribution in [-0.4, -0.2) is 29.7 Å². The Morgan fingerprint density at radius 3 is 2.76 bits per heavy atom. The maximum atomic E-state index is 11.2. The van der Waals surface area contributed by atoms with Gasteiger partial charge < -0.3 is 0 Å². The number of carbonyl (C=O) groups excluding carboxylic acids is 2. The molecule has 0 bridgehead atoms. The highest BCUT2D eigenvalue weighted by Gasteiger charge is 2.25. The van der Waals surface area contributed by atoms with Gasteiger partial charge in [0.15, 0.2) is 0 Å². The summed E-state index contributed by atoms with van der Waals surface area (Å²) in [6.07, 6.45) is 1.38. The second-order valence-corrected chi connectivity index (χ2v) is 4.08. The van der Waals surface area contributed by atoms with E-state index in [-0.39, 0.29) is 12.5 Å². The molecule has 7 heteroatoms. The summed E-state index contributed by atoms with van der Waals surface area (Å²) in [4.78, 5) is 22.1. The largest absolute Gasteiger partial charge is 0.344 e. The van der Waals surface area contributed by atoms with Crippen molar-refractivity contribution in [3.63, 3.8) is 0 Å². The lowest BCUT2D eigenvalue weighted by atomic mass is 10.2. The molecule has 3 amide bonds. The second kappa shape index (κ2) is 4.73. The van der Waals surface area contributed by atoms with Crippen LogP contribution in [0.5, 0.6) is 0 Å². The average molecular weight is 272 g/mol. The molecule has 1 heterocycles. The van der Waals surface area contributed by atoms with Gasteiger partial charge in [-0.3, -0.25) is 10.1 Å². The Morgan fingerprint density at radius 1 is 1.35 bits per heavy atom. The Balaban J connectivity index is 2.18. The van der Waals surface area contributed by atoms with Gasteiger partial charge in [0, 0.05) is 5.56 Å². The van der Waals surface area contributed by atoms with Gasteiger partial charge >= 0.3 is 6.03 Å². The van der Waals surface area contributed by atoms with Crippen LogP contribution in [0.1, 0.15) is 5.56 Å². The van der Waals surface area contributed by atoms with Gasteiger partial charge in [-0.2, -0.15) is 5.10 Å². The normalized spacial score (nSPS) is 15.8. The molecule has 1 aliphatic rings. The summed E-state index contributed by atoms with van der Waals surface area (Å²) in [5.74, 6) is -0.385. The van der Waals surface area contributed by atoms with Crippen molar-refractivity contribution in [1.82, 2.24) is 10.3 Å². The molecule has 1 aromatic carbocycles. The summed E-state index contributed by atoms with van der Waals surface area (Å²) in [5, 5.41) is 7.73. The van der Waals surface area contributed by atoms with Gasteiger partial charge in [-0.05, 0) is 6.07 Å². The molecule has 0 unspecified atom stereocenters. The van der Waals surface area contributed by atoms with E-state index in [1.165, 1.54) is 6.21 Å².